The lowest BCUT2D eigenvalue weighted by Gasteiger charge is -2.32. The molecule has 2 rings (SSSR count). The number of anilines is 2. The van der Waals surface area contributed by atoms with Crippen molar-refractivity contribution in [3.63, 3.8) is 0 Å². The summed E-state index contributed by atoms with van der Waals surface area (Å²) in [6.45, 7) is 0.531. The highest BCUT2D eigenvalue weighted by Crippen LogP contribution is 2.28. The van der Waals surface area contributed by atoms with Crippen LogP contribution in [0.15, 0.2) is 12.3 Å². The number of rotatable bonds is 3. The molecule has 1 saturated carbocycles. The standard InChI is InChI=1S/C11H18N4O/c12-10-13-7-4-9(15-10)14-8-11(16)5-2-1-3-6-11/h4,7,16H,1-3,5-6,8H2,(H3,12,13,14,15). The van der Waals surface area contributed by atoms with Gasteiger partial charge in [0, 0.05) is 12.7 Å². The van der Waals surface area contributed by atoms with E-state index in [1.165, 1.54) is 6.42 Å². The van der Waals surface area contributed by atoms with Gasteiger partial charge in [0.05, 0.1) is 5.60 Å². The Balaban J connectivity index is 1.91. The van der Waals surface area contributed by atoms with Gasteiger partial charge in [0.2, 0.25) is 5.95 Å². The van der Waals surface area contributed by atoms with Crippen molar-refractivity contribution in [2.24, 2.45) is 0 Å². The van der Waals surface area contributed by atoms with E-state index in [-0.39, 0.29) is 5.95 Å². The molecule has 0 unspecified atom stereocenters. The molecule has 88 valence electrons. The summed E-state index contributed by atoms with van der Waals surface area (Å²) in [6.07, 6.45) is 6.76. The smallest absolute Gasteiger partial charge is 0.221 e. The maximum absolute atomic E-state index is 10.3. The van der Waals surface area contributed by atoms with Crippen LogP contribution in [0, 0.1) is 0 Å². The third-order valence-corrected chi connectivity index (χ3v) is 3.06. The fourth-order valence-electron chi connectivity index (χ4n) is 2.11. The Morgan fingerprint density at radius 2 is 2.12 bits per heavy atom. The van der Waals surface area contributed by atoms with Gasteiger partial charge in [0.25, 0.3) is 0 Å². The molecule has 1 heterocycles. The fourth-order valence-corrected chi connectivity index (χ4v) is 2.11. The number of aromatic nitrogens is 2. The summed E-state index contributed by atoms with van der Waals surface area (Å²) in [6, 6.07) is 1.75. The molecule has 0 bridgehead atoms. The van der Waals surface area contributed by atoms with Crippen LogP contribution in [0.1, 0.15) is 32.1 Å². The largest absolute Gasteiger partial charge is 0.388 e. The molecular formula is C11H18N4O. The summed E-state index contributed by atoms with van der Waals surface area (Å²) >= 11 is 0. The van der Waals surface area contributed by atoms with Crippen LogP contribution in [-0.4, -0.2) is 27.2 Å². The van der Waals surface area contributed by atoms with Gasteiger partial charge in [-0.25, -0.2) is 4.98 Å². The average Bonchev–Trinajstić information content (AvgIpc) is 2.28. The SMILES string of the molecule is Nc1nccc(NCC2(O)CCCCC2)n1. The minimum absolute atomic E-state index is 0.251. The van der Waals surface area contributed by atoms with Crippen LogP contribution in [0.25, 0.3) is 0 Å². The molecule has 0 spiro atoms. The van der Waals surface area contributed by atoms with Crippen molar-refractivity contribution in [2.75, 3.05) is 17.6 Å². The molecule has 5 heteroatoms. The zero-order valence-electron chi connectivity index (χ0n) is 9.32. The monoisotopic (exact) mass is 222 g/mol. The Bertz CT molecular complexity index is 350. The first kappa shape index (κ1) is 11.1. The molecule has 1 aromatic rings. The molecule has 1 fully saturated rings. The third kappa shape index (κ3) is 2.82. The van der Waals surface area contributed by atoms with Gasteiger partial charge in [0.1, 0.15) is 5.82 Å². The van der Waals surface area contributed by atoms with Gasteiger partial charge in [-0.1, -0.05) is 19.3 Å². The van der Waals surface area contributed by atoms with E-state index in [2.05, 4.69) is 15.3 Å². The molecule has 0 atom stereocenters. The van der Waals surface area contributed by atoms with Crippen molar-refractivity contribution in [3.05, 3.63) is 12.3 Å². The molecular weight excluding hydrogens is 204 g/mol. The van der Waals surface area contributed by atoms with Gasteiger partial charge in [0.15, 0.2) is 0 Å². The molecule has 4 N–H and O–H groups in total. The molecule has 16 heavy (non-hydrogen) atoms. The Labute approximate surface area is 95.1 Å². The Kier molecular flexibility index (Phi) is 3.24. The van der Waals surface area contributed by atoms with Crippen LogP contribution in [0.2, 0.25) is 0 Å². The highest BCUT2D eigenvalue weighted by Gasteiger charge is 2.28. The number of hydrogen-bond acceptors (Lipinski definition) is 5. The zero-order chi connectivity index (χ0) is 11.4. The van der Waals surface area contributed by atoms with E-state index in [0.29, 0.717) is 12.4 Å². The number of nitrogen functional groups attached to an aromatic ring is 1. The van der Waals surface area contributed by atoms with E-state index in [0.717, 1.165) is 25.7 Å². The fraction of sp³-hybridized carbons (Fsp3) is 0.636. The predicted octanol–water partition coefficient (Wildman–Crippen LogP) is 1.17. The highest BCUT2D eigenvalue weighted by atomic mass is 16.3. The predicted molar refractivity (Wildman–Crippen MR) is 63.0 cm³/mol. The van der Waals surface area contributed by atoms with E-state index in [1.54, 1.807) is 12.3 Å². The van der Waals surface area contributed by atoms with Crippen molar-refractivity contribution in [3.8, 4) is 0 Å². The minimum atomic E-state index is -0.585. The zero-order valence-corrected chi connectivity index (χ0v) is 9.32. The molecule has 0 aliphatic heterocycles. The third-order valence-electron chi connectivity index (χ3n) is 3.06. The average molecular weight is 222 g/mol. The summed E-state index contributed by atoms with van der Waals surface area (Å²) < 4.78 is 0. The molecule has 0 saturated heterocycles. The summed E-state index contributed by atoms with van der Waals surface area (Å²) in [5.41, 5.74) is 4.89. The lowest BCUT2D eigenvalue weighted by Crippen LogP contribution is -2.38. The van der Waals surface area contributed by atoms with Crippen LogP contribution in [-0.2, 0) is 0 Å². The van der Waals surface area contributed by atoms with Crippen LogP contribution < -0.4 is 11.1 Å². The number of nitrogens with zero attached hydrogens (tertiary/aromatic N) is 2. The molecule has 1 aliphatic carbocycles. The summed E-state index contributed by atoms with van der Waals surface area (Å²) in [7, 11) is 0. The number of nitrogens with one attached hydrogen (secondary N) is 1. The summed E-state index contributed by atoms with van der Waals surface area (Å²) in [5.74, 6) is 0.923. The minimum Gasteiger partial charge on any atom is -0.388 e. The van der Waals surface area contributed by atoms with Gasteiger partial charge in [-0.2, -0.15) is 4.98 Å². The van der Waals surface area contributed by atoms with Crippen molar-refractivity contribution in [1.29, 1.82) is 0 Å². The number of nitrogens with two attached hydrogens (primary N) is 1. The first-order valence-corrected chi connectivity index (χ1v) is 5.73. The van der Waals surface area contributed by atoms with Crippen LogP contribution >= 0.6 is 0 Å². The Morgan fingerprint density at radius 1 is 1.38 bits per heavy atom. The first-order chi connectivity index (χ1) is 7.68. The first-order valence-electron chi connectivity index (χ1n) is 5.73. The normalized spacial score (nSPS) is 19.3. The topological polar surface area (TPSA) is 84.1 Å². The van der Waals surface area contributed by atoms with E-state index >= 15 is 0 Å². The van der Waals surface area contributed by atoms with Crippen molar-refractivity contribution < 1.29 is 5.11 Å². The second kappa shape index (κ2) is 4.65. The second-order valence-corrected chi connectivity index (χ2v) is 4.44. The quantitative estimate of drug-likeness (QED) is 0.715. The highest BCUT2D eigenvalue weighted by molar-refractivity contribution is 5.37. The lowest BCUT2D eigenvalue weighted by molar-refractivity contribution is 0.0166. The van der Waals surface area contributed by atoms with Crippen LogP contribution in [0.5, 0.6) is 0 Å². The van der Waals surface area contributed by atoms with E-state index < -0.39 is 5.60 Å². The van der Waals surface area contributed by atoms with E-state index in [9.17, 15) is 5.11 Å². The van der Waals surface area contributed by atoms with Crippen molar-refractivity contribution in [2.45, 2.75) is 37.7 Å². The van der Waals surface area contributed by atoms with Crippen molar-refractivity contribution in [1.82, 2.24) is 9.97 Å². The summed E-state index contributed by atoms with van der Waals surface area (Å²) in [4.78, 5) is 7.85. The number of hydrogen-bond donors (Lipinski definition) is 3. The molecule has 0 amide bonds. The molecule has 5 nitrogen and oxygen atoms in total. The van der Waals surface area contributed by atoms with Gasteiger partial charge >= 0.3 is 0 Å². The number of aliphatic hydroxyl groups is 1. The molecule has 0 radical (unpaired) electrons. The van der Waals surface area contributed by atoms with Gasteiger partial charge in [-0.05, 0) is 18.9 Å². The summed E-state index contributed by atoms with van der Waals surface area (Å²) in [5, 5.41) is 13.4. The van der Waals surface area contributed by atoms with Crippen molar-refractivity contribution >= 4 is 11.8 Å². The maximum atomic E-state index is 10.3. The second-order valence-electron chi connectivity index (χ2n) is 4.44. The van der Waals surface area contributed by atoms with Crippen LogP contribution in [0.3, 0.4) is 0 Å². The molecule has 1 aromatic heterocycles. The Morgan fingerprint density at radius 3 is 2.81 bits per heavy atom. The molecule has 1 aliphatic rings. The van der Waals surface area contributed by atoms with Gasteiger partial charge in [-0.15, -0.1) is 0 Å². The van der Waals surface area contributed by atoms with Crippen LogP contribution in [0.4, 0.5) is 11.8 Å². The maximum Gasteiger partial charge on any atom is 0.221 e. The van der Waals surface area contributed by atoms with E-state index in [1.807, 2.05) is 0 Å². The van der Waals surface area contributed by atoms with Gasteiger partial charge in [-0.3, -0.25) is 0 Å². The molecule has 0 aromatic carbocycles. The lowest BCUT2D eigenvalue weighted by atomic mass is 9.85. The Hall–Kier alpha value is -1.36. The van der Waals surface area contributed by atoms with E-state index in [4.69, 9.17) is 5.73 Å². The van der Waals surface area contributed by atoms with Gasteiger partial charge < -0.3 is 16.2 Å².